The number of carboxylic acid groups (broad SMARTS) is 1. The number of amides is 1. The van der Waals surface area contributed by atoms with E-state index in [1.165, 1.54) is 0 Å². The van der Waals surface area contributed by atoms with Gasteiger partial charge in [-0.2, -0.15) is 0 Å². The predicted molar refractivity (Wildman–Crippen MR) is 69.0 cm³/mol. The van der Waals surface area contributed by atoms with Crippen LogP contribution in [0.15, 0.2) is 0 Å². The highest BCUT2D eigenvalue weighted by Gasteiger charge is 2.31. The molecule has 1 saturated heterocycles. The number of nitrogens with zero attached hydrogens (tertiary/aromatic N) is 1. The minimum atomic E-state index is -0.805. The van der Waals surface area contributed by atoms with E-state index in [2.05, 4.69) is 0 Å². The largest absolute Gasteiger partial charge is 0.481 e. The highest BCUT2D eigenvalue weighted by molar-refractivity contribution is 5.82. The molecule has 2 atom stereocenters. The van der Waals surface area contributed by atoms with Crippen molar-refractivity contribution in [1.82, 2.24) is 4.90 Å². The molecule has 0 bridgehead atoms. The van der Waals surface area contributed by atoms with Gasteiger partial charge >= 0.3 is 5.97 Å². The Labute approximate surface area is 108 Å². The van der Waals surface area contributed by atoms with Crippen LogP contribution in [-0.4, -0.2) is 40.5 Å². The lowest BCUT2D eigenvalue weighted by molar-refractivity contribution is -0.141. The summed E-state index contributed by atoms with van der Waals surface area (Å²) in [5.74, 6) is -0.722. The van der Waals surface area contributed by atoms with E-state index < -0.39 is 12.0 Å². The van der Waals surface area contributed by atoms with Gasteiger partial charge < -0.3 is 15.7 Å². The Bertz CT molecular complexity index is 305. The van der Waals surface area contributed by atoms with Gasteiger partial charge in [-0.25, -0.2) is 0 Å². The first-order valence-electron chi connectivity index (χ1n) is 6.71. The fourth-order valence-electron chi connectivity index (χ4n) is 2.36. The van der Waals surface area contributed by atoms with Crippen LogP contribution in [0, 0.1) is 5.92 Å². The highest BCUT2D eigenvalue weighted by Crippen LogP contribution is 2.22. The summed E-state index contributed by atoms with van der Waals surface area (Å²) in [7, 11) is 0. The van der Waals surface area contributed by atoms with Crippen molar-refractivity contribution in [3.8, 4) is 0 Å². The summed E-state index contributed by atoms with van der Waals surface area (Å²) < 4.78 is 0. The van der Waals surface area contributed by atoms with Crippen LogP contribution in [0.1, 0.15) is 46.0 Å². The van der Waals surface area contributed by atoms with Crippen molar-refractivity contribution in [2.75, 3.05) is 6.54 Å². The zero-order chi connectivity index (χ0) is 13.7. The molecule has 0 aromatic heterocycles. The van der Waals surface area contributed by atoms with Crippen LogP contribution >= 0.6 is 0 Å². The third-order valence-electron chi connectivity index (χ3n) is 3.61. The molecule has 0 radical (unpaired) electrons. The molecule has 1 aliphatic rings. The first-order chi connectivity index (χ1) is 8.43. The van der Waals surface area contributed by atoms with Crippen LogP contribution in [0.5, 0.6) is 0 Å². The second-order valence-electron chi connectivity index (χ2n) is 5.38. The Morgan fingerprint density at radius 3 is 2.61 bits per heavy atom. The van der Waals surface area contributed by atoms with E-state index in [0.29, 0.717) is 13.0 Å². The summed E-state index contributed by atoms with van der Waals surface area (Å²) in [5, 5.41) is 8.74. The summed E-state index contributed by atoms with van der Waals surface area (Å²) in [6.07, 6.45) is 3.59. The average Bonchev–Trinajstić information content (AvgIpc) is 2.34. The zero-order valence-corrected chi connectivity index (χ0v) is 11.3. The maximum absolute atomic E-state index is 12.2. The third-order valence-corrected chi connectivity index (χ3v) is 3.61. The van der Waals surface area contributed by atoms with Crippen molar-refractivity contribution in [1.29, 1.82) is 0 Å². The van der Waals surface area contributed by atoms with E-state index in [4.69, 9.17) is 10.8 Å². The Morgan fingerprint density at radius 2 is 2.06 bits per heavy atom. The number of carboxylic acids is 1. The Kier molecular flexibility index (Phi) is 5.59. The number of hydrogen-bond donors (Lipinski definition) is 2. The number of hydrogen-bond acceptors (Lipinski definition) is 3. The number of likely N-dealkylation sites (tertiary alicyclic amines) is 1. The molecular formula is C13H24N2O3. The molecule has 5 heteroatoms. The van der Waals surface area contributed by atoms with Gasteiger partial charge in [0.2, 0.25) is 5.91 Å². The highest BCUT2D eigenvalue weighted by atomic mass is 16.4. The first-order valence-corrected chi connectivity index (χ1v) is 6.71. The van der Waals surface area contributed by atoms with Crippen LogP contribution in [0.3, 0.4) is 0 Å². The third kappa shape index (κ3) is 3.98. The second-order valence-corrected chi connectivity index (χ2v) is 5.38. The monoisotopic (exact) mass is 256 g/mol. The lowest BCUT2D eigenvalue weighted by atomic mass is 9.95. The van der Waals surface area contributed by atoms with Crippen molar-refractivity contribution in [3.05, 3.63) is 0 Å². The number of carbonyl (C=O) groups excluding carboxylic acids is 1. The standard InChI is InChI=1S/C13H24N2O3/c1-9(2)12(14)13(18)15-8-4-3-5-10(15)6-7-11(16)17/h9-10,12H,3-8,14H2,1-2H3,(H,16,17)/t10?,12-/m1/s1. The summed E-state index contributed by atoms with van der Waals surface area (Å²) in [4.78, 5) is 24.7. The van der Waals surface area contributed by atoms with Gasteiger partial charge in [0.25, 0.3) is 0 Å². The van der Waals surface area contributed by atoms with E-state index in [0.717, 1.165) is 19.3 Å². The molecule has 104 valence electrons. The molecule has 0 spiro atoms. The van der Waals surface area contributed by atoms with Gasteiger partial charge in [-0.1, -0.05) is 13.8 Å². The minimum absolute atomic E-state index is 0.0277. The lowest BCUT2D eigenvalue weighted by Gasteiger charge is -2.37. The van der Waals surface area contributed by atoms with Gasteiger partial charge in [0.05, 0.1) is 6.04 Å². The molecule has 1 amide bonds. The van der Waals surface area contributed by atoms with Gasteiger partial charge in [0, 0.05) is 19.0 Å². The van der Waals surface area contributed by atoms with E-state index in [9.17, 15) is 9.59 Å². The Hall–Kier alpha value is -1.10. The normalized spacial score (nSPS) is 22.0. The molecule has 5 nitrogen and oxygen atoms in total. The summed E-state index contributed by atoms with van der Waals surface area (Å²) in [5.41, 5.74) is 5.90. The van der Waals surface area contributed by atoms with Crippen molar-refractivity contribution < 1.29 is 14.7 Å². The molecule has 1 unspecified atom stereocenters. The SMILES string of the molecule is CC(C)[C@@H](N)C(=O)N1CCCCC1CCC(=O)O. The maximum atomic E-state index is 12.2. The molecule has 1 rings (SSSR count). The molecule has 3 N–H and O–H groups in total. The molecule has 18 heavy (non-hydrogen) atoms. The molecule has 1 heterocycles. The Morgan fingerprint density at radius 1 is 1.39 bits per heavy atom. The number of nitrogens with two attached hydrogens (primary N) is 1. The van der Waals surface area contributed by atoms with E-state index >= 15 is 0 Å². The zero-order valence-electron chi connectivity index (χ0n) is 11.3. The molecule has 0 aromatic rings. The summed E-state index contributed by atoms with van der Waals surface area (Å²) >= 11 is 0. The summed E-state index contributed by atoms with van der Waals surface area (Å²) in [6, 6.07) is -0.428. The van der Waals surface area contributed by atoms with Crippen molar-refractivity contribution >= 4 is 11.9 Å². The molecule has 0 aliphatic carbocycles. The van der Waals surface area contributed by atoms with Crippen LogP contribution in [0.2, 0.25) is 0 Å². The quantitative estimate of drug-likeness (QED) is 0.774. The fraction of sp³-hybridized carbons (Fsp3) is 0.846. The first kappa shape index (κ1) is 15.0. The molecule has 0 saturated carbocycles. The molecule has 0 aromatic carbocycles. The van der Waals surface area contributed by atoms with Crippen LogP contribution in [0.25, 0.3) is 0 Å². The van der Waals surface area contributed by atoms with Gasteiger partial charge in [-0.05, 0) is 31.6 Å². The number of rotatable bonds is 5. The van der Waals surface area contributed by atoms with Crippen LogP contribution < -0.4 is 5.73 Å². The van der Waals surface area contributed by atoms with E-state index in [1.54, 1.807) is 4.90 Å². The van der Waals surface area contributed by atoms with Crippen molar-refractivity contribution in [2.45, 2.75) is 58.0 Å². The van der Waals surface area contributed by atoms with Gasteiger partial charge in [0.1, 0.15) is 0 Å². The van der Waals surface area contributed by atoms with Gasteiger partial charge in [0.15, 0.2) is 0 Å². The average molecular weight is 256 g/mol. The smallest absolute Gasteiger partial charge is 0.303 e. The lowest BCUT2D eigenvalue weighted by Crippen LogP contribution is -2.52. The van der Waals surface area contributed by atoms with Crippen LogP contribution in [0.4, 0.5) is 0 Å². The van der Waals surface area contributed by atoms with E-state index in [-0.39, 0.29) is 24.3 Å². The van der Waals surface area contributed by atoms with Crippen molar-refractivity contribution in [3.63, 3.8) is 0 Å². The second kappa shape index (κ2) is 6.73. The number of piperidine rings is 1. The Balaban J connectivity index is 2.63. The molecular weight excluding hydrogens is 232 g/mol. The fourth-order valence-corrected chi connectivity index (χ4v) is 2.36. The summed E-state index contributed by atoms with van der Waals surface area (Å²) in [6.45, 7) is 4.57. The van der Waals surface area contributed by atoms with Crippen molar-refractivity contribution in [2.24, 2.45) is 11.7 Å². The van der Waals surface area contributed by atoms with E-state index in [1.807, 2.05) is 13.8 Å². The molecule has 1 fully saturated rings. The maximum Gasteiger partial charge on any atom is 0.303 e. The topological polar surface area (TPSA) is 83.6 Å². The van der Waals surface area contributed by atoms with Gasteiger partial charge in [-0.15, -0.1) is 0 Å². The molecule has 1 aliphatic heterocycles. The predicted octanol–water partition coefficient (Wildman–Crippen LogP) is 1.22. The minimum Gasteiger partial charge on any atom is -0.481 e. The number of carbonyl (C=O) groups is 2. The van der Waals surface area contributed by atoms with Gasteiger partial charge in [-0.3, -0.25) is 9.59 Å². The number of aliphatic carboxylic acids is 1. The van der Waals surface area contributed by atoms with Crippen LogP contribution in [-0.2, 0) is 9.59 Å².